The van der Waals surface area contributed by atoms with Gasteiger partial charge in [-0.05, 0) is 40.8 Å². The number of halogens is 1. The van der Waals surface area contributed by atoms with Crippen molar-refractivity contribution in [3.8, 4) is 11.1 Å². The van der Waals surface area contributed by atoms with Crippen molar-refractivity contribution in [2.24, 2.45) is 0 Å². The summed E-state index contributed by atoms with van der Waals surface area (Å²) in [5, 5.41) is 8.70. The Morgan fingerprint density at radius 3 is 2.25 bits per heavy atom. The smallest absolute Gasteiger partial charge is 0.222 e. The van der Waals surface area contributed by atoms with Gasteiger partial charge < -0.3 is 5.32 Å². The number of anilines is 1. The number of nitrogens with zero attached hydrogens (tertiary/aromatic N) is 3. The molecular weight excluding hydrogens is 368 g/mol. The molecule has 2 atom stereocenters. The first kappa shape index (κ1) is 17.0. The number of nitrogens with one attached hydrogen (secondary N) is 1. The number of hydrogen-bond acceptors (Lipinski definition) is 3. The van der Waals surface area contributed by atoms with Gasteiger partial charge in [-0.1, -0.05) is 78.3 Å². The lowest BCUT2D eigenvalue weighted by Gasteiger charge is -2.32. The first-order valence-electron chi connectivity index (χ1n) is 9.35. The minimum atomic E-state index is 0.120. The van der Waals surface area contributed by atoms with Crippen LogP contribution in [-0.2, 0) is 0 Å². The molecule has 4 aromatic rings. The van der Waals surface area contributed by atoms with Gasteiger partial charge >= 0.3 is 0 Å². The summed E-state index contributed by atoms with van der Waals surface area (Å²) in [5.41, 5.74) is 4.87. The van der Waals surface area contributed by atoms with Crippen LogP contribution in [0.2, 0.25) is 5.02 Å². The van der Waals surface area contributed by atoms with Crippen LogP contribution in [-0.4, -0.2) is 14.8 Å². The van der Waals surface area contributed by atoms with Crippen LogP contribution in [0.5, 0.6) is 0 Å². The molecule has 2 heterocycles. The molecule has 0 amide bonds. The van der Waals surface area contributed by atoms with Crippen LogP contribution in [0.25, 0.3) is 11.1 Å². The SMILES string of the molecule is Clc1ccc([C@H]2C[C@@H](c3ccc(-c4ccccc4)cc3)Nc3ncnn32)cc1. The largest absolute Gasteiger partial charge is 0.348 e. The lowest BCUT2D eigenvalue weighted by Crippen LogP contribution is -2.28. The van der Waals surface area contributed by atoms with Gasteiger partial charge in [0.05, 0.1) is 12.1 Å². The molecule has 0 unspecified atom stereocenters. The van der Waals surface area contributed by atoms with E-state index in [0.29, 0.717) is 0 Å². The Balaban J connectivity index is 1.45. The second-order valence-electron chi connectivity index (χ2n) is 7.02. The van der Waals surface area contributed by atoms with E-state index in [0.717, 1.165) is 17.4 Å². The van der Waals surface area contributed by atoms with Crippen LogP contribution in [0.1, 0.15) is 29.6 Å². The molecule has 28 heavy (non-hydrogen) atoms. The third kappa shape index (κ3) is 3.16. The van der Waals surface area contributed by atoms with Crippen molar-refractivity contribution in [3.63, 3.8) is 0 Å². The maximum atomic E-state index is 6.07. The van der Waals surface area contributed by atoms with E-state index >= 15 is 0 Å². The molecule has 0 aliphatic carbocycles. The molecule has 1 aliphatic rings. The average molecular weight is 387 g/mol. The highest BCUT2D eigenvalue weighted by Gasteiger charge is 2.29. The Morgan fingerprint density at radius 1 is 0.821 bits per heavy atom. The van der Waals surface area contributed by atoms with Crippen LogP contribution in [0.3, 0.4) is 0 Å². The molecule has 5 heteroatoms. The molecule has 0 saturated heterocycles. The molecule has 0 saturated carbocycles. The maximum Gasteiger partial charge on any atom is 0.222 e. The summed E-state index contributed by atoms with van der Waals surface area (Å²) in [6, 6.07) is 27.5. The molecule has 5 rings (SSSR count). The lowest BCUT2D eigenvalue weighted by atomic mass is 9.92. The first-order chi connectivity index (χ1) is 13.8. The molecule has 138 valence electrons. The van der Waals surface area contributed by atoms with Gasteiger partial charge in [-0.3, -0.25) is 0 Å². The van der Waals surface area contributed by atoms with Gasteiger partial charge in [-0.2, -0.15) is 10.1 Å². The van der Waals surface area contributed by atoms with Gasteiger partial charge in [0.15, 0.2) is 0 Å². The third-order valence-corrected chi connectivity index (χ3v) is 5.56. The van der Waals surface area contributed by atoms with Crippen molar-refractivity contribution in [1.29, 1.82) is 0 Å². The predicted molar refractivity (Wildman–Crippen MR) is 112 cm³/mol. The molecule has 0 spiro atoms. The number of aromatic nitrogens is 3. The van der Waals surface area contributed by atoms with Crippen LogP contribution < -0.4 is 5.32 Å². The summed E-state index contributed by atoms with van der Waals surface area (Å²) in [6.07, 6.45) is 2.49. The van der Waals surface area contributed by atoms with E-state index in [9.17, 15) is 0 Å². The summed E-state index contributed by atoms with van der Waals surface area (Å²) in [4.78, 5) is 4.41. The second-order valence-corrected chi connectivity index (χ2v) is 7.45. The monoisotopic (exact) mass is 386 g/mol. The van der Waals surface area contributed by atoms with Crippen molar-refractivity contribution < 1.29 is 0 Å². The van der Waals surface area contributed by atoms with Gasteiger partial charge in [0.2, 0.25) is 5.95 Å². The van der Waals surface area contributed by atoms with E-state index in [1.807, 2.05) is 22.9 Å². The minimum Gasteiger partial charge on any atom is -0.348 e. The predicted octanol–water partition coefficient (Wildman–Crippen LogP) is 5.74. The highest BCUT2D eigenvalue weighted by atomic mass is 35.5. The fourth-order valence-corrected chi connectivity index (χ4v) is 3.97. The van der Waals surface area contributed by atoms with E-state index in [1.165, 1.54) is 22.3 Å². The lowest BCUT2D eigenvalue weighted by molar-refractivity contribution is 0.431. The fourth-order valence-electron chi connectivity index (χ4n) is 3.84. The van der Waals surface area contributed by atoms with Crippen LogP contribution in [0.15, 0.2) is 85.2 Å². The average Bonchev–Trinajstić information content (AvgIpc) is 3.23. The van der Waals surface area contributed by atoms with E-state index < -0.39 is 0 Å². The zero-order valence-electron chi connectivity index (χ0n) is 15.2. The topological polar surface area (TPSA) is 42.7 Å². The van der Waals surface area contributed by atoms with Crippen LogP contribution in [0.4, 0.5) is 5.95 Å². The molecule has 1 aromatic heterocycles. The quantitative estimate of drug-likeness (QED) is 0.487. The Labute approximate surface area is 168 Å². The van der Waals surface area contributed by atoms with Gasteiger partial charge in [0.1, 0.15) is 6.33 Å². The van der Waals surface area contributed by atoms with Crippen molar-refractivity contribution in [1.82, 2.24) is 14.8 Å². The number of hydrogen-bond donors (Lipinski definition) is 1. The van der Waals surface area contributed by atoms with E-state index in [1.54, 1.807) is 6.33 Å². The van der Waals surface area contributed by atoms with Crippen molar-refractivity contribution in [2.45, 2.75) is 18.5 Å². The number of benzene rings is 3. The van der Waals surface area contributed by atoms with Gasteiger partial charge in [-0.25, -0.2) is 4.68 Å². The maximum absolute atomic E-state index is 6.07. The van der Waals surface area contributed by atoms with E-state index in [-0.39, 0.29) is 12.1 Å². The molecule has 0 radical (unpaired) electrons. The molecular formula is C23H19ClN4. The van der Waals surface area contributed by atoms with Crippen LogP contribution >= 0.6 is 11.6 Å². The minimum absolute atomic E-state index is 0.120. The Bertz CT molecular complexity index is 1070. The third-order valence-electron chi connectivity index (χ3n) is 5.31. The second kappa shape index (κ2) is 7.13. The molecule has 4 nitrogen and oxygen atoms in total. The van der Waals surface area contributed by atoms with E-state index in [2.05, 4.69) is 76.1 Å². The summed E-state index contributed by atoms with van der Waals surface area (Å²) < 4.78 is 1.96. The Morgan fingerprint density at radius 2 is 1.50 bits per heavy atom. The van der Waals surface area contributed by atoms with Crippen molar-refractivity contribution >= 4 is 17.5 Å². The Hall–Kier alpha value is -3.11. The summed E-state index contributed by atoms with van der Waals surface area (Å²) in [6.45, 7) is 0. The van der Waals surface area contributed by atoms with Crippen molar-refractivity contribution in [3.05, 3.63) is 101 Å². The summed E-state index contributed by atoms with van der Waals surface area (Å²) in [5.74, 6) is 0.795. The van der Waals surface area contributed by atoms with Crippen molar-refractivity contribution in [2.75, 3.05) is 5.32 Å². The normalized spacial score (nSPS) is 18.3. The molecule has 1 N–H and O–H groups in total. The van der Waals surface area contributed by atoms with Gasteiger partial charge in [-0.15, -0.1) is 0 Å². The standard InChI is InChI=1S/C23H19ClN4/c24-20-12-10-19(11-13-20)22-14-21(27-23-25-15-26-28(22)23)18-8-6-17(7-9-18)16-4-2-1-3-5-16/h1-13,15,21-22H,14H2,(H,25,26,27)/t21-,22+/m0/s1. The highest BCUT2D eigenvalue weighted by molar-refractivity contribution is 6.30. The number of fused-ring (bicyclic) bond motifs is 1. The zero-order valence-corrected chi connectivity index (χ0v) is 15.9. The summed E-state index contributed by atoms with van der Waals surface area (Å²) in [7, 11) is 0. The van der Waals surface area contributed by atoms with Gasteiger partial charge in [0.25, 0.3) is 0 Å². The highest BCUT2D eigenvalue weighted by Crippen LogP contribution is 2.38. The fraction of sp³-hybridized carbons (Fsp3) is 0.130. The summed E-state index contributed by atoms with van der Waals surface area (Å²) >= 11 is 6.07. The Kier molecular flexibility index (Phi) is 4.34. The molecule has 0 fully saturated rings. The molecule has 1 aliphatic heterocycles. The number of rotatable bonds is 3. The molecule has 3 aromatic carbocycles. The first-order valence-corrected chi connectivity index (χ1v) is 9.72. The molecule has 0 bridgehead atoms. The van der Waals surface area contributed by atoms with E-state index in [4.69, 9.17) is 11.6 Å². The zero-order chi connectivity index (χ0) is 18.9. The van der Waals surface area contributed by atoms with Crippen LogP contribution in [0, 0.1) is 0 Å². The van der Waals surface area contributed by atoms with Gasteiger partial charge in [0, 0.05) is 5.02 Å².